The van der Waals surface area contributed by atoms with Gasteiger partial charge in [-0.3, -0.25) is 14.9 Å². The molecule has 7 heteroatoms. The summed E-state index contributed by atoms with van der Waals surface area (Å²) >= 11 is 3.19. The first kappa shape index (κ1) is 14.1. The fraction of sp³-hybridized carbons (Fsp3) is 0. The Morgan fingerprint density at radius 1 is 1.20 bits per heavy atom. The molecule has 5 nitrogen and oxygen atoms in total. The van der Waals surface area contributed by atoms with Crippen molar-refractivity contribution in [3.63, 3.8) is 0 Å². The van der Waals surface area contributed by atoms with E-state index in [2.05, 4.69) is 21.2 Å². The summed E-state index contributed by atoms with van der Waals surface area (Å²) in [6.07, 6.45) is 0. The van der Waals surface area contributed by atoms with Gasteiger partial charge in [-0.1, -0.05) is 0 Å². The third-order valence-corrected chi connectivity index (χ3v) is 3.21. The summed E-state index contributed by atoms with van der Waals surface area (Å²) in [5, 5.41) is 13.2. The number of non-ortho nitro benzene ring substituents is 1. The molecule has 0 unspecified atom stereocenters. The van der Waals surface area contributed by atoms with E-state index in [0.717, 1.165) is 12.1 Å². The highest BCUT2D eigenvalue weighted by Gasteiger charge is 2.13. The van der Waals surface area contributed by atoms with Gasteiger partial charge in [0.25, 0.3) is 11.6 Å². The van der Waals surface area contributed by atoms with Gasteiger partial charge in [-0.05, 0) is 46.3 Å². The topological polar surface area (TPSA) is 72.2 Å². The van der Waals surface area contributed by atoms with Crippen molar-refractivity contribution < 1.29 is 14.1 Å². The van der Waals surface area contributed by atoms with E-state index >= 15 is 0 Å². The van der Waals surface area contributed by atoms with Gasteiger partial charge in [0.2, 0.25) is 0 Å². The molecular formula is C13H8BrFN2O3. The van der Waals surface area contributed by atoms with Crippen LogP contribution in [0.4, 0.5) is 15.8 Å². The largest absolute Gasteiger partial charge is 0.321 e. The Morgan fingerprint density at radius 3 is 2.45 bits per heavy atom. The van der Waals surface area contributed by atoms with Crippen LogP contribution in [-0.4, -0.2) is 10.8 Å². The minimum Gasteiger partial charge on any atom is -0.321 e. The van der Waals surface area contributed by atoms with Crippen molar-refractivity contribution in [2.45, 2.75) is 0 Å². The number of anilines is 1. The van der Waals surface area contributed by atoms with Gasteiger partial charge in [0.05, 0.1) is 10.6 Å². The van der Waals surface area contributed by atoms with Crippen molar-refractivity contribution in [1.29, 1.82) is 0 Å². The minimum absolute atomic E-state index is 0.136. The van der Waals surface area contributed by atoms with Gasteiger partial charge < -0.3 is 5.32 Å². The zero-order chi connectivity index (χ0) is 14.7. The van der Waals surface area contributed by atoms with E-state index in [9.17, 15) is 19.3 Å². The average molecular weight is 339 g/mol. The Balaban J connectivity index is 2.25. The lowest BCUT2D eigenvalue weighted by Gasteiger charge is -2.07. The fourth-order valence-corrected chi connectivity index (χ4v) is 1.86. The Labute approximate surface area is 121 Å². The number of rotatable bonds is 3. The molecule has 0 aliphatic carbocycles. The second kappa shape index (κ2) is 5.79. The Bertz CT molecular complexity index is 674. The van der Waals surface area contributed by atoms with Crippen LogP contribution in [0.3, 0.4) is 0 Å². The summed E-state index contributed by atoms with van der Waals surface area (Å²) in [4.78, 5) is 22.1. The van der Waals surface area contributed by atoms with Crippen LogP contribution in [0.2, 0.25) is 0 Å². The molecule has 0 radical (unpaired) electrons. The molecule has 0 saturated heterocycles. The van der Waals surface area contributed by atoms with Crippen molar-refractivity contribution >= 4 is 33.2 Å². The van der Waals surface area contributed by atoms with Gasteiger partial charge >= 0.3 is 0 Å². The van der Waals surface area contributed by atoms with Gasteiger partial charge in [-0.25, -0.2) is 4.39 Å². The molecule has 20 heavy (non-hydrogen) atoms. The van der Waals surface area contributed by atoms with E-state index in [1.807, 2.05) is 0 Å². The van der Waals surface area contributed by atoms with Crippen LogP contribution < -0.4 is 5.32 Å². The predicted octanol–water partition coefficient (Wildman–Crippen LogP) is 3.75. The molecule has 0 saturated carbocycles. The molecule has 0 heterocycles. The summed E-state index contributed by atoms with van der Waals surface area (Å²) in [5.74, 6) is -0.927. The standard InChI is InChI=1S/C13H8BrFN2O3/c14-11-6-5-10(17(19)20)7-12(11)16-13(18)8-1-3-9(15)4-2-8/h1-7H,(H,16,18). The lowest BCUT2D eigenvalue weighted by molar-refractivity contribution is -0.384. The number of carbonyl (C=O) groups is 1. The third-order valence-electron chi connectivity index (χ3n) is 2.52. The number of hydrogen-bond donors (Lipinski definition) is 1. The average Bonchev–Trinajstić information content (AvgIpc) is 2.41. The van der Waals surface area contributed by atoms with Crippen LogP contribution >= 0.6 is 15.9 Å². The molecular weight excluding hydrogens is 331 g/mol. The van der Waals surface area contributed by atoms with Crippen LogP contribution in [0.1, 0.15) is 10.4 Å². The van der Waals surface area contributed by atoms with Crippen LogP contribution in [0.5, 0.6) is 0 Å². The number of nitrogens with zero attached hydrogens (tertiary/aromatic N) is 1. The maximum Gasteiger partial charge on any atom is 0.271 e. The van der Waals surface area contributed by atoms with E-state index in [4.69, 9.17) is 0 Å². The van der Waals surface area contributed by atoms with Crippen molar-refractivity contribution in [1.82, 2.24) is 0 Å². The Morgan fingerprint density at radius 2 is 1.85 bits per heavy atom. The first-order chi connectivity index (χ1) is 9.47. The van der Waals surface area contributed by atoms with E-state index in [-0.39, 0.29) is 16.9 Å². The zero-order valence-electron chi connectivity index (χ0n) is 9.97. The van der Waals surface area contributed by atoms with Crippen LogP contribution in [0.25, 0.3) is 0 Å². The van der Waals surface area contributed by atoms with E-state index < -0.39 is 16.6 Å². The second-order valence-corrected chi connectivity index (χ2v) is 4.74. The summed E-state index contributed by atoms with van der Waals surface area (Å²) in [7, 11) is 0. The Kier molecular flexibility index (Phi) is 4.09. The van der Waals surface area contributed by atoms with Crippen LogP contribution in [0, 0.1) is 15.9 Å². The number of amides is 1. The first-order valence-electron chi connectivity index (χ1n) is 5.48. The molecule has 0 atom stereocenters. The molecule has 0 spiro atoms. The summed E-state index contributed by atoms with van der Waals surface area (Å²) < 4.78 is 13.3. The van der Waals surface area contributed by atoms with E-state index in [1.165, 1.54) is 30.3 Å². The highest BCUT2D eigenvalue weighted by Crippen LogP contribution is 2.27. The number of nitro benzene ring substituents is 1. The highest BCUT2D eigenvalue weighted by molar-refractivity contribution is 9.10. The monoisotopic (exact) mass is 338 g/mol. The maximum absolute atomic E-state index is 12.8. The molecule has 0 bridgehead atoms. The molecule has 2 aromatic carbocycles. The third kappa shape index (κ3) is 3.18. The molecule has 2 aromatic rings. The van der Waals surface area contributed by atoms with Crippen molar-refractivity contribution in [3.8, 4) is 0 Å². The molecule has 0 fully saturated rings. The van der Waals surface area contributed by atoms with Gasteiger partial charge in [0.1, 0.15) is 5.82 Å². The molecule has 0 aliphatic rings. The number of benzene rings is 2. The SMILES string of the molecule is O=C(Nc1cc([N+](=O)[O-])ccc1Br)c1ccc(F)cc1. The first-order valence-corrected chi connectivity index (χ1v) is 6.27. The number of carbonyl (C=O) groups excluding carboxylic acids is 1. The van der Waals surface area contributed by atoms with Gasteiger partial charge in [0.15, 0.2) is 0 Å². The maximum atomic E-state index is 12.8. The summed E-state index contributed by atoms with van der Waals surface area (Å²) in [5.41, 5.74) is 0.390. The smallest absolute Gasteiger partial charge is 0.271 e. The quantitative estimate of drug-likeness (QED) is 0.684. The molecule has 0 aromatic heterocycles. The molecule has 2 rings (SSSR count). The second-order valence-electron chi connectivity index (χ2n) is 3.88. The van der Waals surface area contributed by atoms with E-state index in [0.29, 0.717) is 4.47 Å². The van der Waals surface area contributed by atoms with Crippen molar-refractivity contribution in [2.24, 2.45) is 0 Å². The number of hydrogen-bond acceptors (Lipinski definition) is 3. The number of halogens is 2. The lowest BCUT2D eigenvalue weighted by atomic mass is 10.2. The molecule has 1 amide bonds. The molecule has 102 valence electrons. The molecule has 1 N–H and O–H groups in total. The predicted molar refractivity (Wildman–Crippen MR) is 75.1 cm³/mol. The fourth-order valence-electron chi connectivity index (χ4n) is 1.52. The zero-order valence-corrected chi connectivity index (χ0v) is 11.6. The van der Waals surface area contributed by atoms with Crippen LogP contribution in [0.15, 0.2) is 46.9 Å². The normalized spacial score (nSPS) is 10.1. The van der Waals surface area contributed by atoms with E-state index in [1.54, 1.807) is 0 Å². The number of nitrogens with one attached hydrogen (secondary N) is 1. The van der Waals surface area contributed by atoms with Gasteiger partial charge in [0, 0.05) is 22.2 Å². The minimum atomic E-state index is -0.556. The van der Waals surface area contributed by atoms with Gasteiger partial charge in [-0.15, -0.1) is 0 Å². The van der Waals surface area contributed by atoms with Crippen LogP contribution in [-0.2, 0) is 0 Å². The number of nitro groups is 1. The van der Waals surface area contributed by atoms with Crippen molar-refractivity contribution in [2.75, 3.05) is 5.32 Å². The molecule has 0 aliphatic heterocycles. The summed E-state index contributed by atoms with van der Waals surface area (Å²) in [6.45, 7) is 0. The summed E-state index contributed by atoms with van der Waals surface area (Å²) in [6, 6.07) is 9.02. The Hall–Kier alpha value is -2.28. The lowest BCUT2D eigenvalue weighted by Crippen LogP contribution is -2.12. The van der Waals surface area contributed by atoms with Gasteiger partial charge in [-0.2, -0.15) is 0 Å². The van der Waals surface area contributed by atoms with Crippen molar-refractivity contribution in [3.05, 3.63) is 68.4 Å². The highest BCUT2D eigenvalue weighted by atomic mass is 79.9.